The number of nitrogens with zero attached hydrogens (tertiary/aromatic N) is 4. The largest absolute Gasteiger partial charge is 0.489 e. The fourth-order valence-corrected chi connectivity index (χ4v) is 4.74. The van der Waals surface area contributed by atoms with Gasteiger partial charge in [-0.1, -0.05) is 0 Å². The van der Waals surface area contributed by atoms with Crippen molar-refractivity contribution in [3.8, 4) is 16.3 Å². The number of thiazole rings is 1. The van der Waals surface area contributed by atoms with Crippen LogP contribution in [0, 0.1) is 6.92 Å². The van der Waals surface area contributed by atoms with Gasteiger partial charge in [0, 0.05) is 59.3 Å². The Bertz CT molecular complexity index is 1210. The summed E-state index contributed by atoms with van der Waals surface area (Å²) >= 11 is 1.52. The van der Waals surface area contributed by atoms with Crippen LogP contribution in [-0.2, 0) is 6.18 Å². The summed E-state index contributed by atoms with van der Waals surface area (Å²) in [5.74, 6) is -1.04. The minimum atomic E-state index is -4.62. The third-order valence-corrected chi connectivity index (χ3v) is 6.98. The van der Waals surface area contributed by atoms with E-state index in [-0.39, 0.29) is 6.10 Å². The molecule has 7 nitrogen and oxygen atoms in total. The summed E-state index contributed by atoms with van der Waals surface area (Å²) in [7, 11) is 0. The molecule has 11 heteroatoms. The van der Waals surface area contributed by atoms with Crippen LogP contribution in [0.3, 0.4) is 0 Å². The summed E-state index contributed by atoms with van der Waals surface area (Å²) < 4.78 is 44.6. The molecule has 36 heavy (non-hydrogen) atoms. The number of benzene rings is 1. The van der Waals surface area contributed by atoms with Crippen molar-refractivity contribution in [3.63, 3.8) is 0 Å². The first-order valence-corrected chi connectivity index (χ1v) is 12.5. The van der Waals surface area contributed by atoms with Crippen LogP contribution in [-0.4, -0.2) is 51.0 Å². The van der Waals surface area contributed by atoms with E-state index in [1.807, 2.05) is 13.0 Å². The summed E-state index contributed by atoms with van der Waals surface area (Å²) in [4.78, 5) is 27.8. The third kappa shape index (κ3) is 6.19. The Morgan fingerprint density at radius 1 is 1.14 bits per heavy atom. The van der Waals surface area contributed by atoms with Crippen molar-refractivity contribution >= 4 is 17.2 Å². The Morgan fingerprint density at radius 2 is 1.86 bits per heavy atom. The zero-order chi connectivity index (χ0) is 26.0. The number of rotatable bonds is 7. The van der Waals surface area contributed by atoms with E-state index in [0.717, 1.165) is 47.4 Å². The summed E-state index contributed by atoms with van der Waals surface area (Å²) in [5.41, 5.74) is 1.49. The summed E-state index contributed by atoms with van der Waals surface area (Å²) in [6.45, 7) is 9.69. The summed E-state index contributed by atoms with van der Waals surface area (Å²) in [5, 5.41) is 3.59. The lowest BCUT2D eigenvalue weighted by atomic mass is 10.1. The molecule has 0 aliphatic carbocycles. The zero-order valence-electron chi connectivity index (χ0n) is 20.5. The number of aromatic nitrogens is 3. The lowest BCUT2D eigenvalue weighted by Gasteiger charge is -2.21. The molecule has 1 aromatic carbocycles. The van der Waals surface area contributed by atoms with Gasteiger partial charge in [0.2, 0.25) is 5.82 Å². The van der Waals surface area contributed by atoms with Crippen molar-refractivity contribution in [3.05, 3.63) is 58.6 Å². The number of aryl methyl sites for hydroxylation is 1. The van der Waals surface area contributed by atoms with Crippen molar-refractivity contribution in [1.82, 2.24) is 25.2 Å². The molecule has 0 saturated carbocycles. The lowest BCUT2D eigenvalue weighted by Crippen LogP contribution is -2.30. The third-order valence-electron chi connectivity index (χ3n) is 6.02. The van der Waals surface area contributed by atoms with Crippen LogP contribution in [0.5, 0.6) is 5.75 Å². The first kappa shape index (κ1) is 26.0. The molecule has 1 fully saturated rings. The van der Waals surface area contributed by atoms with Gasteiger partial charge in [-0.2, -0.15) is 13.2 Å². The number of halogens is 3. The maximum atomic E-state index is 13.2. The first-order chi connectivity index (χ1) is 17.0. The van der Waals surface area contributed by atoms with Crippen LogP contribution < -0.4 is 10.1 Å². The molecule has 4 rings (SSSR count). The van der Waals surface area contributed by atoms with Crippen molar-refractivity contribution in [1.29, 1.82) is 0 Å². The standard InChI is InChI=1S/C25H28F3N5O2S/c1-14(2)33-6-5-20(13-33)35-21-8-17(7-18(9-21)23-29-10-15(3)36-23)22(34)32-16(4)19-11-30-24(31-12-19)25(26,27)28/h7-12,14,16,20H,5-6,13H2,1-4H3,(H,32,34)/t16-,20+/m1/s1. The Kier molecular flexibility index (Phi) is 7.60. The minimum Gasteiger partial charge on any atom is -0.489 e. The Labute approximate surface area is 211 Å². The lowest BCUT2D eigenvalue weighted by molar-refractivity contribution is -0.145. The highest BCUT2D eigenvalue weighted by atomic mass is 32.1. The number of carbonyl (C=O) groups is 1. The van der Waals surface area contributed by atoms with E-state index >= 15 is 0 Å². The Morgan fingerprint density at radius 3 is 2.44 bits per heavy atom. The first-order valence-electron chi connectivity index (χ1n) is 11.7. The number of hydrogen-bond donors (Lipinski definition) is 1. The van der Waals surface area contributed by atoms with E-state index < -0.39 is 23.9 Å². The molecule has 1 saturated heterocycles. The van der Waals surface area contributed by atoms with Crippen LogP contribution in [0.1, 0.15) is 59.9 Å². The number of hydrogen-bond acceptors (Lipinski definition) is 7. The van der Waals surface area contributed by atoms with Gasteiger partial charge in [-0.15, -0.1) is 11.3 Å². The van der Waals surface area contributed by atoms with Crippen LogP contribution in [0.4, 0.5) is 13.2 Å². The second-order valence-corrected chi connectivity index (χ2v) is 10.4. The van der Waals surface area contributed by atoms with Crippen molar-refractivity contribution in [2.75, 3.05) is 13.1 Å². The van der Waals surface area contributed by atoms with Gasteiger partial charge < -0.3 is 10.1 Å². The zero-order valence-corrected chi connectivity index (χ0v) is 21.3. The second kappa shape index (κ2) is 10.5. The molecule has 192 valence electrons. The van der Waals surface area contributed by atoms with Crippen LogP contribution >= 0.6 is 11.3 Å². The van der Waals surface area contributed by atoms with E-state index in [4.69, 9.17) is 4.74 Å². The number of ether oxygens (including phenoxy) is 1. The highest BCUT2D eigenvalue weighted by Gasteiger charge is 2.34. The number of nitrogens with one attached hydrogen (secondary N) is 1. The van der Waals surface area contributed by atoms with Gasteiger partial charge in [-0.25, -0.2) is 15.0 Å². The van der Waals surface area contributed by atoms with Crippen LogP contribution in [0.15, 0.2) is 36.8 Å². The van der Waals surface area contributed by atoms with E-state index in [0.29, 0.717) is 22.9 Å². The average Bonchev–Trinajstić information content (AvgIpc) is 3.47. The highest BCUT2D eigenvalue weighted by molar-refractivity contribution is 7.14. The predicted molar refractivity (Wildman–Crippen MR) is 131 cm³/mol. The van der Waals surface area contributed by atoms with Gasteiger partial charge in [0.15, 0.2) is 0 Å². The fraction of sp³-hybridized carbons (Fsp3) is 0.440. The number of likely N-dealkylation sites (tertiary alicyclic amines) is 1. The van der Waals surface area contributed by atoms with Gasteiger partial charge in [-0.3, -0.25) is 9.69 Å². The van der Waals surface area contributed by atoms with E-state index in [2.05, 4.69) is 39.0 Å². The molecular formula is C25H28F3N5O2S. The van der Waals surface area contributed by atoms with Gasteiger partial charge in [0.05, 0.1) is 6.04 Å². The van der Waals surface area contributed by atoms with Gasteiger partial charge >= 0.3 is 6.18 Å². The molecule has 2 atom stereocenters. The topological polar surface area (TPSA) is 80.2 Å². The quantitative estimate of drug-likeness (QED) is 0.458. The Hall–Kier alpha value is -3.05. The maximum absolute atomic E-state index is 13.2. The molecule has 0 bridgehead atoms. The predicted octanol–water partition coefficient (Wildman–Crippen LogP) is 5.28. The smallest absolute Gasteiger partial charge is 0.451 e. The molecule has 0 unspecified atom stereocenters. The van der Waals surface area contributed by atoms with E-state index in [9.17, 15) is 18.0 Å². The number of amides is 1. The molecule has 1 amide bonds. The monoisotopic (exact) mass is 519 g/mol. The van der Waals surface area contributed by atoms with E-state index in [1.54, 1.807) is 25.3 Å². The molecule has 0 spiro atoms. The molecule has 1 N–H and O–H groups in total. The summed E-state index contributed by atoms with van der Waals surface area (Å²) in [6.07, 6.45) is 0.208. The number of alkyl halides is 3. The molecule has 1 aliphatic rings. The molecule has 2 aromatic heterocycles. The van der Waals surface area contributed by atoms with Gasteiger partial charge in [-0.05, 0) is 52.3 Å². The summed E-state index contributed by atoms with van der Waals surface area (Å²) in [6, 6.07) is 5.14. The van der Waals surface area contributed by atoms with Crippen molar-refractivity contribution < 1.29 is 22.7 Å². The van der Waals surface area contributed by atoms with Gasteiger partial charge in [0.1, 0.15) is 16.9 Å². The molecule has 3 heterocycles. The number of carbonyl (C=O) groups excluding carboxylic acids is 1. The SMILES string of the molecule is Cc1cnc(-c2cc(O[C@H]3CCN(C(C)C)C3)cc(C(=O)N[C@H](C)c3cnc(C(F)(F)F)nc3)c2)s1. The average molecular weight is 520 g/mol. The van der Waals surface area contributed by atoms with Crippen molar-refractivity contribution in [2.45, 2.75) is 58.5 Å². The maximum Gasteiger partial charge on any atom is 0.451 e. The molecule has 0 radical (unpaired) electrons. The van der Waals surface area contributed by atoms with E-state index in [1.165, 1.54) is 11.3 Å². The van der Waals surface area contributed by atoms with Crippen molar-refractivity contribution in [2.24, 2.45) is 0 Å². The Balaban J connectivity index is 1.55. The molecule has 1 aliphatic heterocycles. The van der Waals surface area contributed by atoms with Crippen LogP contribution in [0.2, 0.25) is 0 Å². The second-order valence-electron chi connectivity index (χ2n) is 9.17. The normalized spacial score (nSPS) is 17.4. The molecular weight excluding hydrogens is 491 g/mol. The highest BCUT2D eigenvalue weighted by Crippen LogP contribution is 2.31. The molecule has 3 aromatic rings. The van der Waals surface area contributed by atoms with Gasteiger partial charge in [0.25, 0.3) is 5.91 Å². The van der Waals surface area contributed by atoms with Crippen LogP contribution in [0.25, 0.3) is 10.6 Å². The fourth-order valence-electron chi connectivity index (χ4n) is 3.99. The minimum absolute atomic E-state index is 0.0137.